The molecule has 1 saturated heterocycles. The standard InChI is InChI=1S/C14H28O4S/c1-2-3-4-5-6-7-8-9-19-14-13(17)12(16)11(10-15)18-14/h11-17H,2-10H2,1H3. The van der Waals surface area contributed by atoms with Crippen molar-refractivity contribution in [1.29, 1.82) is 0 Å². The van der Waals surface area contributed by atoms with Crippen LogP contribution in [0.15, 0.2) is 0 Å². The zero-order chi connectivity index (χ0) is 14.1. The maximum Gasteiger partial charge on any atom is 0.132 e. The highest BCUT2D eigenvalue weighted by molar-refractivity contribution is 7.99. The maximum absolute atomic E-state index is 9.75. The Morgan fingerprint density at radius 3 is 2.16 bits per heavy atom. The predicted molar refractivity (Wildman–Crippen MR) is 78.2 cm³/mol. The van der Waals surface area contributed by atoms with Gasteiger partial charge in [0.25, 0.3) is 0 Å². The SMILES string of the molecule is CCCCCCCCCSC1OC(CO)C(O)C1O. The molecule has 4 unspecified atom stereocenters. The fourth-order valence-corrected chi connectivity index (χ4v) is 3.44. The first-order chi connectivity index (χ1) is 9.20. The molecule has 0 amide bonds. The topological polar surface area (TPSA) is 69.9 Å². The Bertz CT molecular complexity index is 227. The van der Waals surface area contributed by atoms with Crippen molar-refractivity contribution in [3.63, 3.8) is 0 Å². The van der Waals surface area contributed by atoms with Crippen LogP contribution in [0.4, 0.5) is 0 Å². The normalized spacial score (nSPS) is 30.9. The van der Waals surface area contributed by atoms with Gasteiger partial charge in [0.05, 0.1) is 6.61 Å². The van der Waals surface area contributed by atoms with Crippen molar-refractivity contribution in [3.05, 3.63) is 0 Å². The van der Waals surface area contributed by atoms with Crippen LogP contribution >= 0.6 is 11.8 Å². The molecule has 1 aliphatic heterocycles. The predicted octanol–water partition coefficient (Wildman–Crippen LogP) is 1.91. The lowest BCUT2D eigenvalue weighted by Crippen LogP contribution is -2.33. The van der Waals surface area contributed by atoms with Gasteiger partial charge < -0.3 is 20.1 Å². The summed E-state index contributed by atoms with van der Waals surface area (Å²) in [5.41, 5.74) is -0.396. The summed E-state index contributed by atoms with van der Waals surface area (Å²) in [4.78, 5) is 0. The van der Waals surface area contributed by atoms with Crippen LogP contribution in [0.3, 0.4) is 0 Å². The second kappa shape index (κ2) is 10.00. The number of ether oxygens (including phenoxy) is 1. The monoisotopic (exact) mass is 292 g/mol. The third kappa shape index (κ3) is 6.00. The fraction of sp³-hybridized carbons (Fsp3) is 1.00. The van der Waals surface area contributed by atoms with Crippen molar-refractivity contribution in [1.82, 2.24) is 0 Å². The van der Waals surface area contributed by atoms with Crippen molar-refractivity contribution < 1.29 is 20.1 Å². The minimum atomic E-state index is -0.962. The molecule has 3 N–H and O–H groups in total. The fourth-order valence-electron chi connectivity index (χ4n) is 2.26. The van der Waals surface area contributed by atoms with Gasteiger partial charge in [-0.1, -0.05) is 45.4 Å². The van der Waals surface area contributed by atoms with E-state index in [1.54, 1.807) is 0 Å². The molecule has 1 heterocycles. The Labute approximate surface area is 120 Å². The summed E-state index contributed by atoms with van der Waals surface area (Å²) in [5, 5.41) is 28.3. The molecular weight excluding hydrogens is 264 g/mol. The summed E-state index contributed by atoms with van der Waals surface area (Å²) in [7, 11) is 0. The van der Waals surface area contributed by atoms with Crippen LogP contribution in [-0.2, 0) is 4.74 Å². The summed E-state index contributed by atoms with van der Waals surface area (Å²) in [6.07, 6.45) is 6.37. The summed E-state index contributed by atoms with van der Waals surface area (Å²) in [5.74, 6) is 0.931. The van der Waals surface area contributed by atoms with Gasteiger partial charge >= 0.3 is 0 Å². The zero-order valence-corrected chi connectivity index (χ0v) is 12.6. The largest absolute Gasteiger partial charge is 0.394 e. The minimum absolute atomic E-state index is 0.243. The first-order valence-corrected chi connectivity index (χ1v) is 8.49. The van der Waals surface area contributed by atoms with Gasteiger partial charge in [0.1, 0.15) is 23.7 Å². The minimum Gasteiger partial charge on any atom is -0.394 e. The lowest BCUT2D eigenvalue weighted by molar-refractivity contribution is -0.00808. The van der Waals surface area contributed by atoms with Gasteiger partial charge in [-0.2, -0.15) is 0 Å². The molecule has 0 saturated carbocycles. The molecule has 5 heteroatoms. The Morgan fingerprint density at radius 1 is 0.947 bits per heavy atom. The van der Waals surface area contributed by atoms with E-state index in [0.29, 0.717) is 0 Å². The number of aliphatic hydroxyl groups is 3. The van der Waals surface area contributed by atoms with E-state index in [1.807, 2.05) is 0 Å². The number of hydrogen-bond donors (Lipinski definition) is 3. The molecule has 0 aromatic carbocycles. The highest BCUT2D eigenvalue weighted by atomic mass is 32.2. The van der Waals surface area contributed by atoms with E-state index in [-0.39, 0.29) is 6.61 Å². The first-order valence-electron chi connectivity index (χ1n) is 7.44. The lowest BCUT2D eigenvalue weighted by Gasteiger charge is -2.13. The molecule has 4 nitrogen and oxygen atoms in total. The molecule has 0 aromatic rings. The van der Waals surface area contributed by atoms with Crippen LogP contribution in [0.25, 0.3) is 0 Å². The molecule has 0 bridgehead atoms. The van der Waals surface area contributed by atoms with Crippen molar-refractivity contribution in [2.45, 2.75) is 75.6 Å². The average Bonchev–Trinajstić information content (AvgIpc) is 2.69. The molecule has 0 aromatic heterocycles. The Balaban J connectivity index is 2.01. The third-order valence-electron chi connectivity index (χ3n) is 3.53. The van der Waals surface area contributed by atoms with Crippen LogP contribution in [0, 0.1) is 0 Å². The molecule has 0 aliphatic carbocycles. The van der Waals surface area contributed by atoms with Gasteiger partial charge in [0.15, 0.2) is 0 Å². The highest BCUT2D eigenvalue weighted by Crippen LogP contribution is 2.29. The Morgan fingerprint density at radius 2 is 1.58 bits per heavy atom. The van der Waals surface area contributed by atoms with Crippen LogP contribution in [0.2, 0.25) is 0 Å². The van der Waals surface area contributed by atoms with Crippen LogP contribution in [-0.4, -0.2) is 51.4 Å². The van der Waals surface area contributed by atoms with Crippen molar-refractivity contribution >= 4 is 11.8 Å². The van der Waals surface area contributed by atoms with Gasteiger partial charge in [-0.3, -0.25) is 0 Å². The number of thioether (sulfide) groups is 1. The molecular formula is C14H28O4S. The lowest BCUT2D eigenvalue weighted by atomic mass is 10.1. The Hall–Kier alpha value is 0.190. The molecule has 4 atom stereocenters. The van der Waals surface area contributed by atoms with Crippen molar-refractivity contribution in [2.75, 3.05) is 12.4 Å². The van der Waals surface area contributed by atoms with Crippen LogP contribution < -0.4 is 0 Å². The first kappa shape index (κ1) is 17.2. The molecule has 1 aliphatic rings. The number of hydrogen-bond acceptors (Lipinski definition) is 5. The quantitative estimate of drug-likeness (QED) is 0.537. The molecule has 1 fully saturated rings. The number of rotatable bonds is 10. The Kier molecular flexibility index (Phi) is 9.07. The smallest absolute Gasteiger partial charge is 0.132 e. The van der Waals surface area contributed by atoms with Gasteiger partial charge in [-0.05, 0) is 12.2 Å². The second-order valence-corrected chi connectivity index (χ2v) is 6.40. The van der Waals surface area contributed by atoms with E-state index in [1.165, 1.54) is 50.3 Å². The summed E-state index contributed by atoms with van der Waals surface area (Å²) >= 11 is 1.54. The van der Waals surface area contributed by atoms with Gasteiger partial charge in [-0.25, -0.2) is 0 Å². The summed E-state index contributed by atoms with van der Waals surface area (Å²) in [6, 6.07) is 0. The van der Waals surface area contributed by atoms with E-state index >= 15 is 0 Å². The molecule has 0 spiro atoms. The maximum atomic E-state index is 9.75. The summed E-state index contributed by atoms with van der Waals surface area (Å²) < 4.78 is 5.41. The van der Waals surface area contributed by atoms with Crippen LogP contribution in [0.1, 0.15) is 51.9 Å². The van der Waals surface area contributed by atoms with E-state index in [2.05, 4.69) is 6.92 Å². The van der Waals surface area contributed by atoms with Gasteiger partial charge in [0.2, 0.25) is 0 Å². The third-order valence-corrected chi connectivity index (χ3v) is 4.77. The summed E-state index contributed by atoms with van der Waals surface area (Å²) in [6.45, 7) is 1.98. The van der Waals surface area contributed by atoms with Crippen molar-refractivity contribution in [2.24, 2.45) is 0 Å². The van der Waals surface area contributed by atoms with E-state index in [0.717, 1.165) is 12.2 Å². The number of aliphatic hydroxyl groups excluding tert-OH is 3. The van der Waals surface area contributed by atoms with E-state index in [9.17, 15) is 10.2 Å². The zero-order valence-electron chi connectivity index (χ0n) is 11.8. The van der Waals surface area contributed by atoms with Gasteiger partial charge in [0, 0.05) is 0 Å². The number of unbranched alkanes of at least 4 members (excludes halogenated alkanes) is 6. The van der Waals surface area contributed by atoms with Gasteiger partial charge in [-0.15, -0.1) is 11.8 Å². The van der Waals surface area contributed by atoms with E-state index in [4.69, 9.17) is 9.84 Å². The highest BCUT2D eigenvalue weighted by Gasteiger charge is 2.42. The molecule has 1 rings (SSSR count). The van der Waals surface area contributed by atoms with E-state index < -0.39 is 23.7 Å². The molecule has 19 heavy (non-hydrogen) atoms. The van der Waals surface area contributed by atoms with Crippen molar-refractivity contribution in [3.8, 4) is 0 Å². The molecule has 114 valence electrons. The average molecular weight is 292 g/mol. The second-order valence-electron chi connectivity index (χ2n) is 5.20. The van der Waals surface area contributed by atoms with Crippen LogP contribution in [0.5, 0.6) is 0 Å². The molecule has 0 radical (unpaired) electrons.